The van der Waals surface area contributed by atoms with Crippen molar-refractivity contribution >= 4 is 11.8 Å². The molecule has 31 heavy (non-hydrogen) atoms. The minimum atomic E-state index is -0.643. The third kappa shape index (κ3) is 7.31. The van der Waals surface area contributed by atoms with E-state index < -0.39 is 6.04 Å². The van der Waals surface area contributed by atoms with Gasteiger partial charge in [-0.2, -0.15) is 0 Å². The second-order valence-corrected chi connectivity index (χ2v) is 7.98. The number of methoxy groups -OCH3 is 1. The molecule has 6 nitrogen and oxygen atoms in total. The fourth-order valence-electron chi connectivity index (χ4n) is 3.26. The Bertz CT molecular complexity index is 877. The highest BCUT2D eigenvalue weighted by Crippen LogP contribution is 2.18. The summed E-state index contributed by atoms with van der Waals surface area (Å²) in [4.78, 5) is 27.5. The Morgan fingerprint density at radius 1 is 1.03 bits per heavy atom. The molecule has 0 saturated heterocycles. The van der Waals surface area contributed by atoms with Gasteiger partial charge >= 0.3 is 0 Å². The predicted octanol–water partition coefficient (Wildman–Crippen LogP) is 4.02. The van der Waals surface area contributed by atoms with Crippen molar-refractivity contribution in [2.75, 3.05) is 13.7 Å². The summed E-state index contributed by atoms with van der Waals surface area (Å²) in [5.41, 5.74) is 3.01. The average Bonchev–Trinajstić information content (AvgIpc) is 2.74. The van der Waals surface area contributed by atoms with Crippen LogP contribution in [0.1, 0.15) is 43.9 Å². The van der Waals surface area contributed by atoms with Gasteiger partial charge in [0.15, 0.2) is 6.61 Å². The molecule has 0 unspecified atom stereocenters. The molecular formula is C25H34N2O4. The summed E-state index contributed by atoms with van der Waals surface area (Å²) in [6.45, 7) is 9.80. The van der Waals surface area contributed by atoms with Gasteiger partial charge < -0.3 is 19.7 Å². The predicted molar refractivity (Wildman–Crippen MR) is 122 cm³/mol. The first-order valence-corrected chi connectivity index (χ1v) is 10.7. The SMILES string of the molecule is CC[C@H](C)NC(=O)[C@H](C)N(Cc1cccc(OC)c1)C(=O)COc1cc(C)cc(C)c1. The molecule has 2 atom stereocenters. The molecule has 0 fully saturated rings. The van der Waals surface area contributed by atoms with Gasteiger partial charge in [-0.3, -0.25) is 9.59 Å². The molecule has 2 aromatic carbocycles. The molecular weight excluding hydrogens is 392 g/mol. The molecule has 2 rings (SSSR count). The minimum Gasteiger partial charge on any atom is -0.497 e. The summed E-state index contributed by atoms with van der Waals surface area (Å²) in [6, 6.07) is 12.7. The third-order valence-electron chi connectivity index (χ3n) is 5.21. The standard InChI is InChI=1S/C25H34N2O4/c1-7-19(4)26-25(29)20(5)27(15-21-9-8-10-22(14-21)30-6)24(28)16-31-23-12-17(2)11-18(3)13-23/h8-14,19-20H,7,15-16H2,1-6H3,(H,26,29)/t19-,20-/m0/s1. The Kier molecular flexibility index (Phi) is 8.91. The topological polar surface area (TPSA) is 67.9 Å². The number of ether oxygens (including phenoxy) is 2. The molecule has 2 aromatic rings. The molecule has 0 aliphatic rings. The molecule has 2 amide bonds. The van der Waals surface area contributed by atoms with Crippen molar-refractivity contribution in [2.24, 2.45) is 0 Å². The van der Waals surface area contributed by atoms with E-state index in [-0.39, 0.29) is 31.0 Å². The number of nitrogens with one attached hydrogen (secondary N) is 1. The molecule has 1 N–H and O–H groups in total. The lowest BCUT2D eigenvalue weighted by Gasteiger charge is -2.29. The first kappa shape index (κ1) is 24.3. The van der Waals surface area contributed by atoms with E-state index >= 15 is 0 Å². The summed E-state index contributed by atoms with van der Waals surface area (Å²) in [7, 11) is 1.60. The number of hydrogen-bond donors (Lipinski definition) is 1. The second kappa shape index (κ2) is 11.4. The van der Waals surface area contributed by atoms with Gasteiger partial charge in [-0.15, -0.1) is 0 Å². The molecule has 0 spiro atoms. The van der Waals surface area contributed by atoms with Crippen LogP contribution in [0.25, 0.3) is 0 Å². The summed E-state index contributed by atoms with van der Waals surface area (Å²) in [5.74, 6) is 0.905. The van der Waals surface area contributed by atoms with E-state index in [1.54, 1.807) is 18.9 Å². The van der Waals surface area contributed by atoms with E-state index in [1.807, 2.05) is 70.2 Å². The normalized spacial score (nSPS) is 12.6. The Morgan fingerprint density at radius 2 is 1.71 bits per heavy atom. The zero-order chi connectivity index (χ0) is 23.0. The number of amides is 2. The molecule has 0 aliphatic heterocycles. The largest absolute Gasteiger partial charge is 0.497 e. The van der Waals surface area contributed by atoms with Crippen molar-refractivity contribution in [2.45, 2.75) is 59.7 Å². The van der Waals surface area contributed by atoms with Crippen molar-refractivity contribution < 1.29 is 19.1 Å². The van der Waals surface area contributed by atoms with Gasteiger partial charge in [0.05, 0.1) is 7.11 Å². The van der Waals surface area contributed by atoms with Crippen LogP contribution in [0.4, 0.5) is 0 Å². The molecule has 0 radical (unpaired) electrons. The van der Waals surface area contributed by atoms with Crippen LogP contribution in [0.2, 0.25) is 0 Å². The van der Waals surface area contributed by atoms with E-state index in [1.165, 1.54) is 0 Å². The number of carbonyl (C=O) groups excluding carboxylic acids is 2. The van der Waals surface area contributed by atoms with Gasteiger partial charge in [-0.1, -0.05) is 25.1 Å². The monoisotopic (exact) mass is 426 g/mol. The van der Waals surface area contributed by atoms with E-state index in [4.69, 9.17) is 9.47 Å². The number of carbonyl (C=O) groups is 2. The fraction of sp³-hybridized carbons (Fsp3) is 0.440. The van der Waals surface area contributed by atoms with Crippen molar-refractivity contribution in [3.05, 3.63) is 59.2 Å². The van der Waals surface area contributed by atoms with Crippen molar-refractivity contribution in [3.63, 3.8) is 0 Å². The van der Waals surface area contributed by atoms with Crippen LogP contribution in [0.15, 0.2) is 42.5 Å². The third-order valence-corrected chi connectivity index (χ3v) is 5.21. The number of rotatable bonds is 10. The van der Waals surface area contributed by atoms with E-state index in [2.05, 4.69) is 5.32 Å². The van der Waals surface area contributed by atoms with Gasteiger partial charge in [-0.25, -0.2) is 0 Å². The molecule has 168 valence electrons. The van der Waals surface area contributed by atoms with E-state index in [9.17, 15) is 9.59 Å². The van der Waals surface area contributed by atoms with Crippen molar-refractivity contribution in [1.29, 1.82) is 0 Å². The molecule has 0 bridgehead atoms. The van der Waals surface area contributed by atoms with E-state index in [0.717, 1.165) is 23.1 Å². The molecule has 0 aliphatic carbocycles. The highest BCUT2D eigenvalue weighted by Gasteiger charge is 2.27. The lowest BCUT2D eigenvalue weighted by molar-refractivity contribution is -0.142. The smallest absolute Gasteiger partial charge is 0.261 e. The lowest BCUT2D eigenvalue weighted by atomic mass is 10.1. The average molecular weight is 427 g/mol. The van der Waals surface area contributed by atoms with Gasteiger partial charge in [0.2, 0.25) is 5.91 Å². The van der Waals surface area contributed by atoms with Gasteiger partial charge in [0.1, 0.15) is 17.5 Å². The van der Waals surface area contributed by atoms with Crippen LogP contribution in [0.5, 0.6) is 11.5 Å². The Labute approximate surface area is 185 Å². The van der Waals surface area contributed by atoms with Gasteiger partial charge in [-0.05, 0) is 75.1 Å². The number of benzene rings is 2. The number of aryl methyl sites for hydroxylation is 2. The second-order valence-electron chi connectivity index (χ2n) is 7.98. The van der Waals surface area contributed by atoms with E-state index in [0.29, 0.717) is 11.5 Å². The zero-order valence-corrected chi connectivity index (χ0v) is 19.4. The Balaban J connectivity index is 2.19. The molecule has 0 aromatic heterocycles. The van der Waals surface area contributed by atoms with Crippen molar-refractivity contribution in [3.8, 4) is 11.5 Å². The summed E-state index contributed by atoms with van der Waals surface area (Å²) >= 11 is 0. The van der Waals surface area contributed by atoms with Crippen LogP contribution in [0, 0.1) is 13.8 Å². The number of nitrogens with zero attached hydrogens (tertiary/aromatic N) is 1. The highest BCUT2D eigenvalue weighted by atomic mass is 16.5. The summed E-state index contributed by atoms with van der Waals surface area (Å²) in [6.07, 6.45) is 0.818. The van der Waals surface area contributed by atoms with Crippen LogP contribution in [-0.2, 0) is 16.1 Å². The minimum absolute atomic E-state index is 0.0373. The quantitative estimate of drug-likeness (QED) is 0.623. The first-order valence-electron chi connectivity index (χ1n) is 10.7. The maximum Gasteiger partial charge on any atom is 0.261 e. The number of hydrogen-bond acceptors (Lipinski definition) is 4. The summed E-state index contributed by atoms with van der Waals surface area (Å²) in [5, 5.41) is 2.96. The highest BCUT2D eigenvalue weighted by molar-refractivity contribution is 5.88. The molecule has 0 saturated carbocycles. The lowest BCUT2D eigenvalue weighted by Crippen LogP contribution is -2.50. The van der Waals surface area contributed by atoms with Gasteiger partial charge in [0, 0.05) is 12.6 Å². The first-order chi connectivity index (χ1) is 14.7. The van der Waals surface area contributed by atoms with Crippen LogP contribution < -0.4 is 14.8 Å². The fourth-order valence-corrected chi connectivity index (χ4v) is 3.26. The Morgan fingerprint density at radius 3 is 2.32 bits per heavy atom. The van der Waals surface area contributed by atoms with Crippen LogP contribution in [-0.4, -0.2) is 42.5 Å². The maximum absolute atomic E-state index is 13.1. The van der Waals surface area contributed by atoms with Gasteiger partial charge in [0.25, 0.3) is 5.91 Å². The zero-order valence-electron chi connectivity index (χ0n) is 19.4. The molecule has 6 heteroatoms. The van der Waals surface area contributed by atoms with Crippen molar-refractivity contribution in [1.82, 2.24) is 10.2 Å². The summed E-state index contributed by atoms with van der Waals surface area (Å²) < 4.78 is 11.1. The Hall–Kier alpha value is -3.02. The van der Waals surface area contributed by atoms with Crippen LogP contribution in [0.3, 0.4) is 0 Å². The maximum atomic E-state index is 13.1. The van der Waals surface area contributed by atoms with Crippen LogP contribution >= 0.6 is 0 Å². The molecule has 0 heterocycles.